The number of ether oxygens (including phenoxy) is 1. The van der Waals surface area contributed by atoms with Crippen LogP contribution in [0.2, 0.25) is 0 Å². The Bertz CT molecular complexity index is 448. The van der Waals surface area contributed by atoms with Crippen LogP contribution in [0.1, 0.15) is 57.8 Å². The third-order valence-electron chi connectivity index (χ3n) is 6.25. The molecule has 0 bridgehead atoms. The van der Waals surface area contributed by atoms with Gasteiger partial charge < -0.3 is 14.5 Å². The van der Waals surface area contributed by atoms with E-state index >= 15 is 0 Å². The Hall–Kier alpha value is -1.10. The minimum atomic E-state index is 0.0839. The summed E-state index contributed by atoms with van der Waals surface area (Å²) in [6.07, 6.45) is 10.3. The molecule has 5 nitrogen and oxygen atoms in total. The van der Waals surface area contributed by atoms with Gasteiger partial charge in [0.15, 0.2) is 0 Å². The highest BCUT2D eigenvalue weighted by atomic mass is 16.5. The van der Waals surface area contributed by atoms with Crippen LogP contribution in [0.25, 0.3) is 0 Å². The summed E-state index contributed by atoms with van der Waals surface area (Å²) in [6, 6.07) is 0.349. The molecule has 24 heavy (non-hydrogen) atoms. The van der Waals surface area contributed by atoms with Crippen LogP contribution in [0, 0.1) is 11.8 Å². The zero-order valence-electron chi connectivity index (χ0n) is 15.0. The highest BCUT2D eigenvalue weighted by molar-refractivity contribution is 5.78. The summed E-state index contributed by atoms with van der Waals surface area (Å²) in [5, 5.41) is 0. The Labute approximate surface area is 145 Å². The van der Waals surface area contributed by atoms with Crippen LogP contribution in [0.15, 0.2) is 0 Å². The number of likely N-dealkylation sites (tertiary alicyclic amines) is 2. The van der Waals surface area contributed by atoms with Gasteiger partial charge in [0.1, 0.15) is 6.61 Å². The fraction of sp³-hybridized carbons (Fsp3) is 0.895. The van der Waals surface area contributed by atoms with Crippen LogP contribution in [-0.4, -0.2) is 61.0 Å². The number of amides is 2. The monoisotopic (exact) mass is 336 g/mol. The molecule has 0 aromatic rings. The van der Waals surface area contributed by atoms with Gasteiger partial charge in [-0.3, -0.25) is 9.59 Å². The van der Waals surface area contributed by atoms with Gasteiger partial charge in [-0.15, -0.1) is 0 Å². The van der Waals surface area contributed by atoms with Crippen molar-refractivity contribution in [2.75, 3.05) is 33.4 Å². The Morgan fingerprint density at radius 3 is 2.54 bits per heavy atom. The molecule has 3 aliphatic rings. The lowest BCUT2D eigenvalue weighted by atomic mass is 9.83. The second kappa shape index (κ2) is 8.32. The number of nitrogens with zero attached hydrogens (tertiary/aromatic N) is 2. The molecule has 2 amide bonds. The zero-order valence-corrected chi connectivity index (χ0v) is 15.0. The third kappa shape index (κ3) is 4.11. The van der Waals surface area contributed by atoms with E-state index in [1.54, 1.807) is 7.11 Å². The van der Waals surface area contributed by atoms with E-state index in [9.17, 15) is 9.59 Å². The van der Waals surface area contributed by atoms with Crippen LogP contribution in [0.3, 0.4) is 0 Å². The van der Waals surface area contributed by atoms with Gasteiger partial charge in [0.05, 0.1) is 0 Å². The first-order chi connectivity index (χ1) is 11.7. The van der Waals surface area contributed by atoms with Gasteiger partial charge in [-0.2, -0.15) is 0 Å². The maximum absolute atomic E-state index is 12.8. The smallest absolute Gasteiger partial charge is 0.248 e. The molecule has 1 aliphatic carbocycles. The number of piperidine rings is 2. The second-order valence-electron chi connectivity index (χ2n) is 7.81. The third-order valence-corrected chi connectivity index (χ3v) is 6.25. The molecule has 2 aliphatic heterocycles. The van der Waals surface area contributed by atoms with E-state index in [1.807, 2.05) is 4.90 Å². The van der Waals surface area contributed by atoms with Crippen molar-refractivity contribution >= 4 is 11.8 Å². The quantitative estimate of drug-likeness (QED) is 0.775. The minimum absolute atomic E-state index is 0.0839. The molecule has 3 rings (SSSR count). The Kier molecular flexibility index (Phi) is 6.14. The molecule has 2 saturated heterocycles. The molecule has 1 saturated carbocycles. The number of fused-ring (bicyclic) bond motifs is 1. The average Bonchev–Trinajstić information content (AvgIpc) is 3.12. The van der Waals surface area contributed by atoms with Gasteiger partial charge in [0.25, 0.3) is 0 Å². The van der Waals surface area contributed by atoms with Crippen molar-refractivity contribution in [3.8, 4) is 0 Å². The molecular formula is C19H32N2O3. The van der Waals surface area contributed by atoms with Crippen LogP contribution in [-0.2, 0) is 14.3 Å². The van der Waals surface area contributed by atoms with Crippen molar-refractivity contribution in [3.05, 3.63) is 0 Å². The van der Waals surface area contributed by atoms with E-state index in [4.69, 9.17) is 4.74 Å². The predicted octanol–water partition coefficient (Wildman–Crippen LogP) is 2.44. The topological polar surface area (TPSA) is 49.9 Å². The first kappa shape index (κ1) is 17.7. The number of hydrogen-bond acceptors (Lipinski definition) is 3. The summed E-state index contributed by atoms with van der Waals surface area (Å²) < 4.78 is 4.98. The molecule has 3 fully saturated rings. The lowest BCUT2D eigenvalue weighted by Gasteiger charge is -2.47. The maximum Gasteiger partial charge on any atom is 0.248 e. The molecule has 0 spiro atoms. The second-order valence-corrected chi connectivity index (χ2v) is 7.81. The molecule has 0 unspecified atom stereocenters. The standard InChI is InChI=1S/C19H32N2O3/c1-24-14-19(23)20-12-10-17-16(13-20)7-4-11-21(17)18(22)9-8-15-5-2-3-6-15/h15-17H,2-14H2,1H3/t16-,17+/m1/s1. The van der Waals surface area contributed by atoms with Gasteiger partial charge in [0.2, 0.25) is 11.8 Å². The number of hydrogen-bond donors (Lipinski definition) is 0. The summed E-state index contributed by atoms with van der Waals surface area (Å²) in [5.41, 5.74) is 0. The SMILES string of the molecule is COCC(=O)N1CC[C@H]2[C@H](CCCN2C(=O)CCC2CCCC2)C1. The van der Waals surface area contributed by atoms with Gasteiger partial charge in [0, 0.05) is 39.2 Å². The van der Waals surface area contributed by atoms with Crippen molar-refractivity contribution < 1.29 is 14.3 Å². The molecule has 2 atom stereocenters. The van der Waals surface area contributed by atoms with Crippen molar-refractivity contribution in [1.29, 1.82) is 0 Å². The number of carbonyl (C=O) groups is 2. The van der Waals surface area contributed by atoms with Gasteiger partial charge in [-0.05, 0) is 37.5 Å². The highest BCUT2D eigenvalue weighted by Crippen LogP contribution is 2.33. The fourth-order valence-electron chi connectivity index (χ4n) is 4.92. The van der Waals surface area contributed by atoms with Gasteiger partial charge >= 0.3 is 0 Å². The highest BCUT2D eigenvalue weighted by Gasteiger charge is 2.39. The first-order valence-electron chi connectivity index (χ1n) is 9.75. The summed E-state index contributed by atoms with van der Waals surface area (Å²) in [4.78, 5) is 28.9. The Morgan fingerprint density at radius 1 is 1.00 bits per heavy atom. The minimum Gasteiger partial charge on any atom is -0.375 e. The van der Waals surface area contributed by atoms with E-state index in [2.05, 4.69) is 4.90 Å². The van der Waals surface area contributed by atoms with E-state index in [0.29, 0.717) is 17.9 Å². The van der Waals surface area contributed by atoms with E-state index in [0.717, 1.165) is 57.7 Å². The predicted molar refractivity (Wildman–Crippen MR) is 92.5 cm³/mol. The van der Waals surface area contributed by atoms with Crippen LogP contribution < -0.4 is 0 Å². The normalized spacial score (nSPS) is 28.0. The largest absolute Gasteiger partial charge is 0.375 e. The molecule has 2 heterocycles. The summed E-state index contributed by atoms with van der Waals surface area (Å²) >= 11 is 0. The van der Waals surface area contributed by atoms with Crippen molar-refractivity contribution in [2.24, 2.45) is 11.8 Å². The molecule has 0 aromatic heterocycles. The van der Waals surface area contributed by atoms with Gasteiger partial charge in [-0.1, -0.05) is 25.7 Å². The Morgan fingerprint density at radius 2 is 1.79 bits per heavy atom. The molecule has 0 radical (unpaired) electrons. The van der Waals surface area contributed by atoms with Gasteiger partial charge in [-0.25, -0.2) is 0 Å². The fourth-order valence-corrected chi connectivity index (χ4v) is 4.92. The molecule has 0 N–H and O–H groups in total. The Balaban J connectivity index is 1.52. The van der Waals surface area contributed by atoms with Crippen molar-refractivity contribution in [3.63, 3.8) is 0 Å². The molecule has 0 aromatic carbocycles. The van der Waals surface area contributed by atoms with Crippen LogP contribution in [0.5, 0.6) is 0 Å². The lowest BCUT2D eigenvalue weighted by molar-refractivity contribution is -0.143. The van der Waals surface area contributed by atoms with E-state index < -0.39 is 0 Å². The average molecular weight is 336 g/mol. The number of carbonyl (C=O) groups excluding carboxylic acids is 2. The molecule has 5 heteroatoms. The molecular weight excluding hydrogens is 304 g/mol. The van der Waals surface area contributed by atoms with Crippen molar-refractivity contribution in [2.45, 2.75) is 63.8 Å². The maximum atomic E-state index is 12.8. The van der Waals surface area contributed by atoms with E-state index in [-0.39, 0.29) is 12.5 Å². The van der Waals surface area contributed by atoms with Crippen LogP contribution >= 0.6 is 0 Å². The summed E-state index contributed by atoms with van der Waals surface area (Å²) in [7, 11) is 1.57. The van der Waals surface area contributed by atoms with E-state index in [1.165, 1.54) is 25.7 Å². The number of methoxy groups -OCH3 is 1. The number of rotatable bonds is 5. The first-order valence-corrected chi connectivity index (χ1v) is 9.75. The molecule has 136 valence electrons. The van der Waals surface area contributed by atoms with Crippen molar-refractivity contribution in [1.82, 2.24) is 9.80 Å². The summed E-state index contributed by atoms with van der Waals surface area (Å²) in [5.74, 6) is 1.67. The zero-order chi connectivity index (χ0) is 16.9. The van der Waals surface area contributed by atoms with Crippen LogP contribution in [0.4, 0.5) is 0 Å². The lowest BCUT2D eigenvalue weighted by Crippen LogP contribution is -2.57. The summed E-state index contributed by atoms with van der Waals surface area (Å²) in [6.45, 7) is 2.63.